The Labute approximate surface area is 149 Å². The van der Waals surface area contributed by atoms with Crippen LogP contribution in [-0.4, -0.2) is 61.6 Å². The molecular weight excluding hydrogens is 316 g/mol. The van der Waals surface area contributed by atoms with E-state index in [0.29, 0.717) is 18.7 Å². The van der Waals surface area contributed by atoms with Crippen LogP contribution >= 0.6 is 0 Å². The monoisotopic (exact) mass is 344 g/mol. The van der Waals surface area contributed by atoms with Gasteiger partial charge in [0.05, 0.1) is 13.0 Å². The van der Waals surface area contributed by atoms with Crippen LogP contribution in [0, 0.1) is 5.92 Å². The van der Waals surface area contributed by atoms with Crippen molar-refractivity contribution in [3.05, 3.63) is 23.8 Å². The third kappa shape index (κ3) is 2.99. The first kappa shape index (κ1) is 16.7. The molecule has 3 atom stereocenters. The number of methoxy groups -OCH3 is 1. The molecule has 5 heteroatoms. The van der Waals surface area contributed by atoms with E-state index in [1.807, 2.05) is 18.2 Å². The van der Waals surface area contributed by atoms with E-state index in [9.17, 15) is 4.79 Å². The normalized spacial score (nSPS) is 29.4. The maximum absolute atomic E-state index is 13.2. The van der Waals surface area contributed by atoms with Crippen molar-refractivity contribution in [2.24, 2.45) is 5.92 Å². The van der Waals surface area contributed by atoms with E-state index >= 15 is 0 Å². The standard InChI is InChI=1S/C20H28N2O3/c1-21-10-4-7-16(21)17-8-5-11-22(17)20(23)15-12-14-6-3-9-18(24-2)19(14)25-13-15/h3,6,9,15-17H,4-5,7-8,10-13H2,1-2H3. The highest BCUT2D eigenvalue weighted by Crippen LogP contribution is 2.37. The van der Waals surface area contributed by atoms with Gasteiger partial charge in [0.2, 0.25) is 5.91 Å². The van der Waals surface area contributed by atoms with E-state index in [0.717, 1.165) is 49.4 Å². The van der Waals surface area contributed by atoms with E-state index in [1.54, 1.807) is 7.11 Å². The van der Waals surface area contributed by atoms with Crippen molar-refractivity contribution < 1.29 is 14.3 Å². The third-order valence-corrected chi connectivity index (χ3v) is 6.13. The Morgan fingerprint density at radius 2 is 2.00 bits per heavy atom. The predicted octanol–water partition coefficient (Wildman–Crippen LogP) is 2.33. The summed E-state index contributed by atoms with van der Waals surface area (Å²) in [5, 5.41) is 0. The number of benzene rings is 1. The molecule has 0 saturated carbocycles. The number of carbonyl (C=O) groups is 1. The van der Waals surface area contributed by atoms with Gasteiger partial charge in [0.1, 0.15) is 6.61 Å². The molecule has 3 aliphatic heterocycles. The zero-order chi connectivity index (χ0) is 17.4. The lowest BCUT2D eigenvalue weighted by Gasteiger charge is -2.36. The first-order valence-electron chi connectivity index (χ1n) is 9.48. The summed E-state index contributed by atoms with van der Waals surface area (Å²) in [4.78, 5) is 17.8. The zero-order valence-corrected chi connectivity index (χ0v) is 15.2. The van der Waals surface area contributed by atoms with Gasteiger partial charge in [-0.05, 0) is 57.3 Å². The number of hydrogen-bond donors (Lipinski definition) is 0. The lowest BCUT2D eigenvalue weighted by molar-refractivity contribution is -0.138. The van der Waals surface area contributed by atoms with E-state index < -0.39 is 0 Å². The summed E-state index contributed by atoms with van der Waals surface area (Å²) in [6.45, 7) is 2.51. The van der Waals surface area contributed by atoms with Gasteiger partial charge in [0.15, 0.2) is 11.5 Å². The minimum absolute atomic E-state index is 0.0769. The van der Waals surface area contributed by atoms with Crippen LogP contribution in [0.15, 0.2) is 18.2 Å². The number of amides is 1. The summed E-state index contributed by atoms with van der Waals surface area (Å²) in [7, 11) is 3.86. The van der Waals surface area contributed by atoms with Gasteiger partial charge in [-0.2, -0.15) is 0 Å². The number of nitrogens with zero attached hydrogens (tertiary/aromatic N) is 2. The van der Waals surface area contributed by atoms with Crippen molar-refractivity contribution in [3.63, 3.8) is 0 Å². The fourth-order valence-corrected chi connectivity index (χ4v) is 4.84. The number of hydrogen-bond acceptors (Lipinski definition) is 4. The van der Waals surface area contributed by atoms with Gasteiger partial charge in [-0.15, -0.1) is 0 Å². The molecule has 1 aromatic carbocycles. The first-order valence-corrected chi connectivity index (χ1v) is 9.48. The van der Waals surface area contributed by atoms with Gasteiger partial charge in [0.25, 0.3) is 0 Å². The van der Waals surface area contributed by atoms with Crippen molar-refractivity contribution in [3.8, 4) is 11.5 Å². The Kier molecular flexibility index (Phi) is 4.59. The highest BCUT2D eigenvalue weighted by atomic mass is 16.5. The Morgan fingerprint density at radius 1 is 1.20 bits per heavy atom. The SMILES string of the molecule is COc1cccc2c1OCC(C(=O)N1CCCC1C1CCCN1C)C2. The highest BCUT2D eigenvalue weighted by molar-refractivity contribution is 5.80. The fraction of sp³-hybridized carbons (Fsp3) is 0.650. The average molecular weight is 344 g/mol. The summed E-state index contributed by atoms with van der Waals surface area (Å²) in [5.41, 5.74) is 1.08. The second-order valence-corrected chi connectivity index (χ2v) is 7.59. The first-order chi connectivity index (χ1) is 12.2. The number of rotatable bonds is 3. The molecule has 0 spiro atoms. The second-order valence-electron chi connectivity index (χ2n) is 7.59. The van der Waals surface area contributed by atoms with Gasteiger partial charge in [-0.1, -0.05) is 12.1 Å². The van der Waals surface area contributed by atoms with Gasteiger partial charge in [-0.25, -0.2) is 0 Å². The Bertz CT molecular complexity index is 648. The minimum Gasteiger partial charge on any atom is -0.493 e. The highest BCUT2D eigenvalue weighted by Gasteiger charge is 2.41. The van der Waals surface area contributed by atoms with Crippen LogP contribution in [0.2, 0.25) is 0 Å². The maximum Gasteiger partial charge on any atom is 0.229 e. The molecule has 1 aromatic rings. The van der Waals surface area contributed by atoms with E-state index in [2.05, 4.69) is 16.8 Å². The van der Waals surface area contributed by atoms with Crippen LogP contribution < -0.4 is 9.47 Å². The number of para-hydroxylation sites is 1. The molecule has 3 unspecified atom stereocenters. The quantitative estimate of drug-likeness (QED) is 0.844. The van der Waals surface area contributed by atoms with Gasteiger partial charge in [-0.3, -0.25) is 4.79 Å². The van der Waals surface area contributed by atoms with Gasteiger partial charge < -0.3 is 19.3 Å². The van der Waals surface area contributed by atoms with Crippen LogP contribution in [0.25, 0.3) is 0 Å². The maximum atomic E-state index is 13.2. The van der Waals surface area contributed by atoms with E-state index in [1.165, 1.54) is 12.8 Å². The number of carbonyl (C=O) groups excluding carboxylic acids is 1. The number of ether oxygens (including phenoxy) is 2. The summed E-state index contributed by atoms with van der Waals surface area (Å²) >= 11 is 0. The molecule has 1 amide bonds. The molecule has 0 radical (unpaired) electrons. The molecule has 2 fully saturated rings. The van der Waals surface area contributed by atoms with Crippen LogP contribution in [0.5, 0.6) is 11.5 Å². The molecule has 0 N–H and O–H groups in total. The lowest BCUT2D eigenvalue weighted by Crippen LogP contribution is -2.50. The van der Waals surface area contributed by atoms with Crippen molar-refractivity contribution in [1.82, 2.24) is 9.80 Å². The van der Waals surface area contributed by atoms with Crippen LogP contribution in [-0.2, 0) is 11.2 Å². The predicted molar refractivity (Wildman–Crippen MR) is 96.1 cm³/mol. The van der Waals surface area contributed by atoms with Crippen LogP contribution in [0.4, 0.5) is 0 Å². The number of likely N-dealkylation sites (tertiary alicyclic amines) is 2. The lowest BCUT2D eigenvalue weighted by atomic mass is 9.94. The molecule has 5 nitrogen and oxygen atoms in total. The van der Waals surface area contributed by atoms with Crippen molar-refractivity contribution >= 4 is 5.91 Å². The smallest absolute Gasteiger partial charge is 0.229 e. The van der Waals surface area contributed by atoms with Crippen LogP contribution in [0.1, 0.15) is 31.2 Å². The fourth-order valence-electron chi connectivity index (χ4n) is 4.84. The van der Waals surface area contributed by atoms with Crippen molar-refractivity contribution in [2.45, 2.75) is 44.2 Å². The summed E-state index contributed by atoms with van der Waals surface area (Å²) in [6.07, 6.45) is 5.47. The van der Waals surface area contributed by atoms with Crippen molar-refractivity contribution in [1.29, 1.82) is 0 Å². The Balaban J connectivity index is 1.49. The van der Waals surface area contributed by atoms with Crippen LogP contribution in [0.3, 0.4) is 0 Å². The summed E-state index contributed by atoms with van der Waals surface area (Å²) < 4.78 is 11.3. The van der Waals surface area contributed by atoms with Crippen molar-refractivity contribution in [2.75, 3.05) is 33.9 Å². The molecule has 0 aromatic heterocycles. The average Bonchev–Trinajstić information content (AvgIpc) is 3.28. The number of fused-ring (bicyclic) bond motifs is 1. The molecule has 0 aliphatic carbocycles. The number of likely N-dealkylation sites (N-methyl/N-ethyl adjacent to an activating group) is 1. The third-order valence-electron chi connectivity index (χ3n) is 6.13. The minimum atomic E-state index is -0.0769. The summed E-state index contributed by atoms with van der Waals surface area (Å²) in [6, 6.07) is 6.84. The summed E-state index contributed by atoms with van der Waals surface area (Å²) in [5.74, 6) is 1.76. The largest absolute Gasteiger partial charge is 0.493 e. The van der Waals surface area contributed by atoms with Gasteiger partial charge >= 0.3 is 0 Å². The molecule has 0 bridgehead atoms. The molecule has 4 rings (SSSR count). The Morgan fingerprint density at radius 3 is 2.76 bits per heavy atom. The molecule has 25 heavy (non-hydrogen) atoms. The molecule has 2 saturated heterocycles. The molecular formula is C20H28N2O3. The van der Waals surface area contributed by atoms with E-state index in [-0.39, 0.29) is 11.8 Å². The second kappa shape index (κ2) is 6.87. The molecule has 3 aliphatic rings. The zero-order valence-electron chi connectivity index (χ0n) is 15.2. The molecule has 3 heterocycles. The van der Waals surface area contributed by atoms with E-state index in [4.69, 9.17) is 9.47 Å². The topological polar surface area (TPSA) is 42.0 Å². The van der Waals surface area contributed by atoms with Gasteiger partial charge in [0, 0.05) is 18.6 Å². The molecule has 136 valence electrons. The Hall–Kier alpha value is -1.75.